The molecular formula is C10H13BrN2O. The fourth-order valence-corrected chi connectivity index (χ4v) is 1.92. The Hall–Kier alpha value is -0.740. The van der Waals surface area contributed by atoms with Gasteiger partial charge in [-0.05, 0) is 18.2 Å². The van der Waals surface area contributed by atoms with Crippen LogP contribution >= 0.6 is 15.9 Å². The Balaban J connectivity index is 2.13. The van der Waals surface area contributed by atoms with E-state index < -0.39 is 0 Å². The number of hydrogen-bond donors (Lipinski definition) is 1. The number of methoxy groups -OCH3 is 1. The lowest BCUT2D eigenvalue weighted by atomic mass is 10.1. The zero-order chi connectivity index (χ0) is 10.1. The van der Waals surface area contributed by atoms with Gasteiger partial charge in [-0.3, -0.25) is 0 Å². The fourth-order valence-electron chi connectivity index (χ4n) is 1.57. The van der Waals surface area contributed by atoms with Crippen LogP contribution in [0.25, 0.3) is 0 Å². The molecule has 2 N–H and O–H groups in total. The largest absolute Gasteiger partial charge is 0.397 e. The molecule has 1 saturated heterocycles. The number of nitrogens with two attached hydrogens (primary N) is 1. The van der Waals surface area contributed by atoms with Crippen molar-refractivity contribution in [3.8, 4) is 0 Å². The Morgan fingerprint density at radius 1 is 1.50 bits per heavy atom. The molecule has 0 aromatic heterocycles. The first-order chi connectivity index (χ1) is 6.70. The van der Waals surface area contributed by atoms with E-state index >= 15 is 0 Å². The summed E-state index contributed by atoms with van der Waals surface area (Å²) in [6.45, 7) is 1.86. The number of hydrogen-bond acceptors (Lipinski definition) is 3. The van der Waals surface area contributed by atoms with Crippen LogP contribution in [0.1, 0.15) is 0 Å². The van der Waals surface area contributed by atoms with Gasteiger partial charge in [0.25, 0.3) is 0 Å². The van der Waals surface area contributed by atoms with Gasteiger partial charge < -0.3 is 15.4 Å². The Labute approximate surface area is 92.0 Å². The first-order valence-electron chi connectivity index (χ1n) is 4.53. The molecule has 0 bridgehead atoms. The molecule has 1 heterocycles. The van der Waals surface area contributed by atoms with Crippen LogP contribution in [-0.2, 0) is 4.74 Å². The monoisotopic (exact) mass is 256 g/mol. The van der Waals surface area contributed by atoms with Crippen molar-refractivity contribution in [3.05, 3.63) is 22.7 Å². The third-order valence-electron chi connectivity index (χ3n) is 2.51. The molecule has 0 spiro atoms. The molecule has 76 valence electrons. The van der Waals surface area contributed by atoms with Crippen molar-refractivity contribution >= 4 is 27.3 Å². The Morgan fingerprint density at radius 2 is 2.21 bits per heavy atom. The maximum atomic E-state index is 5.88. The van der Waals surface area contributed by atoms with Gasteiger partial charge in [0.2, 0.25) is 0 Å². The lowest BCUT2D eigenvalue weighted by molar-refractivity contribution is 0.0788. The highest BCUT2D eigenvalue weighted by molar-refractivity contribution is 9.10. The first-order valence-corrected chi connectivity index (χ1v) is 5.33. The van der Waals surface area contributed by atoms with Crippen LogP contribution in [0.15, 0.2) is 22.7 Å². The summed E-state index contributed by atoms with van der Waals surface area (Å²) in [5.74, 6) is 0. The number of rotatable bonds is 2. The van der Waals surface area contributed by atoms with Gasteiger partial charge in [-0.25, -0.2) is 0 Å². The van der Waals surface area contributed by atoms with Crippen LogP contribution in [-0.4, -0.2) is 26.3 Å². The number of halogens is 1. The van der Waals surface area contributed by atoms with Crippen LogP contribution < -0.4 is 10.6 Å². The SMILES string of the molecule is COC1CN(c2cc(Br)ccc2N)C1. The normalized spacial score (nSPS) is 16.9. The van der Waals surface area contributed by atoms with Crippen molar-refractivity contribution in [2.45, 2.75) is 6.10 Å². The first kappa shape index (κ1) is 9.80. The highest BCUT2D eigenvalue weighted by atomic mass is 79.9. The molecule has 0 aliphatic carbocycles. The minimum absolute atomic E-state index is 0.355. The molecule has 0 atom stereocenters. The Kier molecular flexibility index (Phi) is 2.65. The zero-order valence-corrected chi connectivity index (χ0v) is 9.62. The van der Waals surface area contributed by atoms with E-state index in [1.165, 1.54) is 0 Å². The lowest BCUT2D eigenvalue weighted by Crippen LogP contribution is -2.52. The average Bonchev–Trinajstić information content (AvgIpc) is 2.09. The van der Waals surface area contributed by atoms with Gasteiger partial charge in [0.1, 0.15) is 0 Å². The van der Waals surface area contributed by atoms with Gasteiger partial charge >= 0.3 is 0 Å². The van der Waals surface area contributed by atoms with Crippen LogP contribution in [0.4, 0.5) is 11.4 Å². The summed E-state index contributed by atoms with van der Waals surface area (Å²) in [6.07, 6.45) is 0.355. The number of benzene rings is 1. The third kappa shape index (κ3) is 1.72. The average molecular weight is 257 g/mol. The highest BCUT2D eigenvalue weighted by Crippen LogP contribution is 2.30. The molecular weight excluding hydrogens is 244 g/mol. The van der Waals surface area contributed by atoms with E-state index in [1.54, 1.807) is 7.11 Å². The zero-order valence-electron chi connectivity index (χ0n) is 8.03. The quantitative estimate of drug-likeness (QED) is 0.822. The Morgan fingerprint density at radius 3 is 2.86 bits per heavy atom. The molecule has 1 aliphatic heterocycles. The molecule has 1 fully saturated rings. The van der Waals surface area contributed by atoms with E-state index in [0.29, 0.717) is 6.10 Å². The second-order valence-electron chi connectivity index (χ2n) is 3.47. The van der Waals surface area contributed by atoms with Gasteiger partial charge in [-0.2, -0.15) is 0 Å². The predicted octanol–water partition coefficient (Wildman–Crippen LogP) is 1.87. The summed E-state index contributed by atoms with van der Waals surface area (Å²) in [5, 5.41) is 0. The van der Waals surface area contributed by atoms with Gasteiger partial charge in [-0.15, -0.1) is 0 Å². The van der Waals surface area contributed by atoms with Gasteiger partial charge in [0, 0.05) is 24.7 Å². The van der Waals surface area contributed by atoms with E-state index in [4.69, 9.17) is 10.5 Å². The van der Waals surface area contributed by atoms with Crippen molar-refractivity contribution in [1.29, 1.82) is 0 Å². The minimum atomic E-state index is 0.355. The van der Waals surface area contributed by atoms with Crippen LogP contribution in [0.3, 0.4) is 0 Å². The van der Waals surface area contributed by atoms with E-state index in [1.807, 2.05) is 18.2 Å². The van der Waals surface area contributed by atoms with Crippen LogP contribution in [0, 0.1) is 0 Å². The van der Waals surface area contributed by atoms with Crippen molar-refractivity contribution < 1.29 is 4.74 Å². The van der Waals surface area contributed by atoms with E-state index in [2.05, 4.69) is 20.8 Å². The topological polar surface area (TPSA) is 38.5 Å². The maximum absolute atomic E-state index is 5.88. The van der Waals surface area contributed by atoms with Crippen molar-refractivity contribution in [2.24, 2.45) is 0 Å². The van der Waals surface area contributed by atoms with Crippen molar-refractivity contribution in [3.63, 3.8) is 0 Å². The summed E-state index contributed by atoms with van der Waals surface area (Å²) < 4.78 is 6.27. The van der Waals surface area contributed by atoms with Gasteiger partial charge in [0.15, 0.2) is 0 Å². The van der Waals surface area contributed by atoms with Crippen molar-refractivity contribution in [1.82, 2.24) is 0 Å². The second-order valence-corrected chi connectivity index (χ2v) is 4.38. The third-order valence-corrected chi connectivity index (χ3v) is 3.01. The van der Waals surface area contributed by atoms with E-state index in [-0.39, 0.29) is 0 Å². The predicted molar refractivity (Wildman–Crippen MR) is 61.6 cm³/mol. The van der Waals surface area contributed by atoms with E-state index in [9.17, 15) is 0 Å². The number of nitrogen functional groups attached to an aromatic ring is 1. The fraction of sp³-hybridized carbons (Fsp3) is 0.400. The maximum Gasteiger partial charge on any atom is 0.0920 e. The van der Waals surface area contributed by atoms with Gasteiger partial charge in [0.05, 0.1) is 17.5 Å². The summed E-state index contributed by atoms with van der Waals surface area (Å²) in [6, 6.07) is 5.91. The molecule has 0 unspecified atom stereocenters. The Bertz CT molecular complexity index is 337. The molecule has 1 aromatic rings. The molecule has 14 heavy (non-hydrogen) atoms. The number of nitrogens with zero attached hydrogens (tertiary/aromatic N) is 1. The van der Waals surface area contributed by atoms with Crippen molar-refractivity contribution in [2.75, 3.05) is 30.8 Å². The van der Waals surface area contributed by atoms with Crippen LogP contribution in [0.5, 0.6) is 0 Å². The minimum Gasteiger partial charge on any atom is -0.397 e. The molecule has 4 heteroatoms. The summed E-state index contributed by atoms with van der Waals surface area (Å²) in [5.41, 5.74) is 7.80. The molecule has 2 rings (SSSR count). The molecule has 1 aliphatic rings. The molecule has 0 saturated carbocycles. The second kappa shape index (κ2) is 3.79. The lowest BCUT2D eigenvalue weighted by Gasteiger charge is -2.40. The molecule has 3 nitrogen and oxygen atoms in total. The highest BCUT2D eigenvalue weighted by Gasteiger charge is 2.27. The van der Waals surface area contributed by atoms with Crippen LogP contribution in [0.2, 0.25) is 0 Å². The number of ether oxygens (including phenoxy) is 1. The smallest absolute Gasteiger partial charge is 0.0920 e. The molecule has 1 aromatic carbocycles. The summed E-state index contributed by atoms with van der Waals surface area (Å²) >= 11 is 3.44. The standard InChI is InChI=1S/C10H13BrN2O/c1-14-8-5-13(6-8)10-4-7(11)2-3-9(10)12/h2-4,8H,5-6,12H2,1H3. The summed E-state index contributed by atoms with van der Waals surface area (Å²) in [4.78, 5) is 2.22. The molecule has 0 amide bonds. The van der Waals surface area contributed by atoms with E-state index in [0.717, 1.165) is 28.9 Å². The molecule has 0 radical (unpaired) electrons. The number of anilines is 2. The van der Waals surface area contributed by atoms with Gasteiger partial charge in [-0.1, -0.05) is 15.9 Å². The summed E-state index contributed by atoms with van der Waals surface area (Å²) in [7, 11) is 1.74.